The highest BCUT2D eigenvalue weighted by molar-refractivity contribution is 7.99. The summed E-state index contributed by atoms with van der Waals surface area (Å²) < 4.78 is 1.96. The van der Waals surface area contributed by atoms with Gasteiger partial charge >= 0.3 is 0 Å². The lowest BCUT2D eigenvalue weighted by Crippen LogP contribution is -2.11. The second-order valence-electron chi connectivity index (χ2n) is 7.80. The van der Waals surface area contributed by atoms with Crippen LogP contribution in [0.1, 0.15) is 25.3 Å². The Labute approximate surface area is 182 Å². The Hall–Kier alpha value is -3.04. The molecule has 0 unspecified atom stereocenters. The molecule has 0 spiro atoms. The first-order chi connectivity index (χ1) is 14.5. The van der Waals surface area contributed by atoms with Crippen LogP contribution in [0.2, 0.25) is 0 Å². The molecular weight excluding hydrogens is 386 g/mol. The highest BCUT2D eigenvalue weighted by Crippen LogP contribution is 2.32. The van der Waals surface area contributed by atoms with Crippen LogP contribution in [0.3, 0.4) is 0 Å². The van der Waals surface area contributed by atoms with Crippen molar-refractivity contribution < 1.29 is 0 Å². The molecule has 150 valence electrons. The van der Waals surface area contributed by atoms with Crippen LogP contribution in [0.25, 0.3) is 22.3 Å². The first kappa shape index (κ1) is 20.2. The van der Waals surface area contributed by atoms with Gasteiger partial charge in [0.25, 0.3) is 0 Å². The Morgan fingerprint density at radius 1 is 0.733 bits per heavy atom. The van der Waals surface area contributed by atoms with E-state index in [4.69, 9.17) is 0 Å². The average molecular weight is 412 g/mol. The summed E-state index contributed by atoms with van der Waals surface area (Å²) in [6.07, 6.45) is 3.81. The summed E-state index contributed by atoms with van der Waals surface area (Å²) in [5, 5.41) is 0. The summed E-state index contributed by atoms with van der Waals surface area (Å²) in [5.41, 5.74) is 4.72. The Morgan fingerprint density at radius 3 is 2.03 bits per heavy atom. The van der Waals surface area contributed by atoms with E-state index < -0.39 is 0 Å². The average Bonchev–Trinajstić information content (AvgIpc) is 2.76. The number of aromatic nitrogens is 1. The number of hydrogen-bond acceptors (Lipinski definition) is 2. The van der Waals surface area contributed by atoms with E-state index in [0.717, 1.165) is 27.1 Å². The standard InChI is InChI=1S/C27H25NOS/c1-19(2)21-11-7-13-23(15-21)30-24-14-8-12-22(16-24)26-18-28(3)17-25(27(26)29)20-9-5-4-6-10-20/h4-19H,1-3H3. The lowest BCUT2D eigenvalue weighted by Gasteiger charge is -2.11. The van der Waals surface area contributed by atoms with Crippen LogP contribution < -0.4 is 5.43 Å². The molecule has 3 heteroatoms. The molecule has 0 N–H and O–H groups in total. The van der Waals surface area contributed by atoms with E-state index >= 15 is 0 Å². The van der Waals surface area contributed by atoms with Gasteiger partial charge in [-0.25, -0.2) is 0 Å². The molecule has 0 saturated heterocycles. The van der Waals surface area contributed by atoms with Gasteiger partial charge in [-0.15, -0.1) is 0 Å². The first-order valence-electron chi connectivity index (χ1n) is 10.2. The van der Waals surface area contributed by atoms with Gasteiger partial charge in [0.05, 0.1) is 0 Å². The molecule has 0 radical (unpaired) electrons. The number of pyridine rings is 1. The van der Waals surface area contributed by atoms with Gasteiger partial charge in [0, 0.05) is 40.4 Å². The van der Waals surface area contributed by atoms with Crippen molar-refractivity contribution in [3.8, 4) is 22.3 Å². The van der Waals surface area contributed by atoms with Crippen molar-refractivity contribution in [1.29, 1.82) is 0 Å². The fourth-order valence-electron chi connectivity index (χ4n) is 3.54. The van der Waals surface area contributed by atoms with E-state index in [2.05, 4.69) is 50.2 Å². The van der Waals surface area contributed by atoms with Gasteiger partial charge in [0.1, 0.15) is 0 Å². The Balaban J connectivity index is 1.72. The number of benzene rings is 3. The SMILES string of the molecule is CC(C)c1cccc(Sc2cccc(-c3cn(C)cc(-c4ccccc4)c3=O)c2)c1. The van der Waals surface area contributed by atoms with E-state index in [0.29, 0.717) is 5.92 Å². The van der Waals surface area contributed by atoms with Gasteiger partial charge in [0.15, 0.2) is 5.43 Å². The second kappa shape index (κ2) is 8.76. The molecule has 4 aromatic rings. The Kier molecular flexibility index (Phi) is 5.91. The summed E-state index contributed by atoms with van der Waals surface area (Å²) in [4.78, 5) is 15.6. The number of hydrogen-bond donors (Lipinski definition) is 0. The molecule has 2 nitrogen and oxygen atoms in total. The van der Waals surface area contributed by atoms with Crippen molar-refractivity contribution in [1.82, 2.24) is 4.57 Å². The highest BCUT2D eigenvalue weighted by Gasteiger charge is 2.11. The van der Waals surface area contributed by atoms with Crippen molar-refractivity contribution in [2.75, 3.05) is 0 Å². The van der Waals surface area contributed by atoms with E-state index in [-0.39, 0.29) is 5.43 Å². The molecule has 1 heterocycles. The van der Waals surface area contributed by atoms with Crippen molar-refractivity contribution in [2.24, 2.45) is 7.05 Å². The van der Waals surface area contributed by atoms with E-state index in [1.165, 1.54) is 10.5 Å². The molecule has 4 rings (SSSR count). The number of nitrogens with zero attached hydrogens (tertiary/aromatic N) is 1. The van der Waals surface area contributed by atoms with Gasteiger partial charge < -0.3 is 4.57 Å². The zero-order valence-electron chi connectivity index (χ0n) is 17.5. The third-order valence-electron chi connectivity index (χ3n) is 5.15. The first-order valence-corrected chi connectivity index (χ1v) is 11.0. The topological polar surface area (TPSA) is 22.0 Å². The molecule has 0 saturated carbocycles. The van der Waals surface area contributed by atoms with Crippen LogP contribution in [0, 0.1) is 0 Å². The van der Waals surface area contributed by atoms with Crippen molar-refractivity contribution in [3.63, 3.8) is 0 Å². The van der Waals surface area contributed by atoms with Gasteiger partial charge in [-0.1, -0.05) is 80.2 Å². The van der Waals surface area contributed by atoms with Crippen LogP contribution in [0.15, 0.2) is 106 Å². The molecule has 0 atom stereocenters. The smallest absolute Gasteiger partial charge is 0.197 e. The molecular formula is C27H25NOS. The molecule has 0 bridgehead atoms. The highest BCUT2D eigenvalue weighted by atomic mass is 32.2. The van der Waals surface area contributed by atoms with E-state index in [1.54, 1.807) is 11.8 Å². The van der Waals surface area contributed by atoms with Crippen molar-refractivity contribution >= 4 is 11.8 Å². The van der Waals surface area contributed by atoms with Gasteiger partial charge in [-0.2, -0.15) is 0 Å². The minimum Gasteiger partial charge on any atom is -0.356 e. The minimum atomic E-state index is 0.0586. The Bertz CT molecular complexity index is 1230. The largest absolute Gasteiger partial charge is 0.356 e. The predicted octanol–water partition coefficient (Wildman–Crippen LogP) is 6.99. The fraction of sp³-hybridized carbons (Fsp3) is 0.148. The van der Waals surface area contributed by atoms with Crippen LogP contribution in [0.5, 0.6) is 0 Å². The van der Waals surface area contributed by atoms with Crippen molar-refractivity contribution in [2.45, 2.75) is 29.6 Å². The number of aryl methyl sites for hydroxylation is 1. The monoisotopic (exact) mass is 411 g/mol. The Morgan fingerprint density at radius 2 is 1.33 bits per heavy atom. The zero-order valence-corrected chi connectivity index (χ0v) is 18.3. The van der Waals surface area contributed by atoms with Crippen LogP contribution in [0.4, 0.5) is 0 Å². The summed E-state index contributed by atoms with van der Waals surface area (Å²) >= 11 is 1.73. The molecule has 0 aliphatic rings. The second-order valence-corrected chi connectivity index (χ2v) is 8.95. The van der Waals surface area contributed by atoms with Crippen LogP contribution >= 0.6 is 11.8 Å². The summed E-state index contributed by atoms with van der Waals surface area (Å²) in [6.45, 7) is 4.42. The maximum absolute atomic E-state index is 13.3. The maximum Gasteiger partial charge on any atom is 0.197 e. The molecule has 1 aromatic heterocycles. The molecule has 0 fully saturated rings. The maximum atomic E-state index is 13.3. The lowest BCUT2D eigenvalue weighted by molar-refractivity contribution is 0.862. The van der Waals surface area contributed by atoms with Crippen molar-refractivity contribution in [3.05, 3.63) is 107 Å². The van der Waals surface area contributed by atoms with Crippen LogP contribution in [-0.4, -0.2) is 4.57 Å². The van der Waals surface area contributed by atoms with E-state index in [1.807, 2.05) is 66.5 Å². The molecule has 30 heavy (non-hydrogen) atoms. The zero-order chi connectivity index (χ0) is 21.1. The van der Waals surface area contributed by atoms with Gasteiger partial charge in [0.2, 0.25) is 0 Å². The predicted molar refractivity (Wildman–Crippen MR) is 127 cm³/mol. The minimum absolute atomic E-state index is 0.0586. The third-order valence-corrected chi connectivity index (χ3v) is 6.12. The van der Waals surface area contributed by atoms with Gasteiger partial charge in [-0.3, -0.25) is 4.79 Å². The molecule has 0 aliphatic heterocycles. The quantitative estimate of drug-likeness (QED) is 0.353. The van der Waals surface area contributed by atoms with Gasteiger partial charge in [-0.05, 0) is 46.9 Å². The van der Waals surface area contributed by atoms with E-state index in [9.17, 15) is 4.79 Å². The normalized spacial score (nSPS) is 11.1. The molecule has 0 aliphatic carbocycles. The lowest BCUT2D eigenvalue weighted by atomic mass is 10.0. The third kappa shape index (κ3) is 4.42. The molecule has 0 amide bonds. The number of rotatable bonds is 5. The molecule has 3 aromatic carbocycles. The summed E-state index contributed by atoms with van der Waals surface area (Å²) in [5.74, 6) is 0.501. The summed E-state index contributed by atoms with van der Waals surface area (Å²) in [6, 6.07) is 26.8. The fourth-order valence-corrected chi connectivity index (χ4v) is 4.48. The van der Waals surface area contributed by atoms with Crippen LogP contribution in [-0.2, 0) is 7.05 Å². The summed E-state index contributed by atoms with van der Waals surface area (Å²) in [7, 11) is 1.96.